The van der Waals surface area contributed by atoms with Crippen LogP contribution in [0.4, 0.5) is 11.4 Å². The smallest absolute Gasteiger partial charge is 0.258 e. The number of carbonyl (C=O) groups is 2. The molecule has 2 amide bonds. The van der Waals surface area contributed by atoms with Gasteiger partial charge in [-0.1, -0.05) is 35.9 Å². The fraction of sp³-hybridized carbons (Fsp3) is 0.0909. The average Bonchev–Trinajstić information content (AvgIpc) is 2.68. The Labute approximate surface area is 153 Å². The molecule has 4 nitrogen and oxygen atoms in total. The first-order chi connectivity index (χ1) is 12.5. The monoisotopic (exact) mass is 344 g/mol. The maximum Gasteiger partial charge on any atom is 0.258 e. The fourth-order valence-electron chi connectivity index (χ4n) is 2.65. The second kappa shape index (κ2) is 7.66. The molecule has 0 fully saturated rings. The van der Waals surface area contributed by atoms with Crippen LogP contribution in [0.2, 0.25) is 0 Å². The number of rotatable bonds is 4. The highest BCUT2D eigenvalue weighted by atomic mass is 16.2. The molecular weight excluding hydrogens is 324 g/mol. The Balaban J connectivity index is 1.70. The highest BCUT2D eigenvalue weighted by Crippen LogP contribution is 2.17. The number of benzene rings is 3. The Kier molecular flexibility index (Phi) is 5.13. The van der Waals surface area contributed by atoms with E-state index in [1.807, 2.05) is 55.5 Å². The second-order valence-electron chi connectivity index (χ2n) is 6.10. The molecule has 0 aliphatic rings. The van der Waals surface area contributed by atoms with Crippen LogP contribution in [0.15, 0.2) is 78.9 Å². The summed E-state index contributed by atoms with van der Waals surface area (Å²) in [7, 11) is 1.74. The normalized spacial score (nSPS) is 10.2. The summed E-state index contributed by atoms with van der Waals surface area (Å²) in [4.78, 5) is 26.5. The Morgan fingerprint density at radius 1 is 0.808 bits per heavy atom. The van der Waals surface area contributed by atoms with Gasteiger partial charge in [0.2, 0.25) is 0 Å². The van der Waals surface area contributed by atoms with Crippen molar-refractivity contribution in [2.45, 2.75) is 6.92 Å². The largest absolute Gasteiger partial charge is 0.322 e. The van der Waals surface area contributed by atoms with Crippen molar-refractivity contribution >= 4 is 23.2 Å². The van der Waals surface area contributed by atoms with Crippen molar-refractivity contribution < 1.29 is 9.59 Å². The number of amides is 2. The van der Waals surface area contributed by atoms with Gasteiger partial charge in [-0.2, -0.15) is 0 Å². The van der Waals surface area contributed by atoms with Gasteiger partial charge in [0.1, 0.15) is 0 Å². The van der Waals surface area contributed by atoms with Crippen molar-refractivity contribution in [2.24, 2.45) is 0 Å². The highest BCUT2D eigenvalue weighted by molar-refractivity contribution is 6.07. The van der Waals surface area contributed by atoms with Crippen molar-refractivity contribution in [3.05, 3.63) is 95.6 Å². The number of nitrogens with one attached hydrogen (secondary N) is 1. The summed E-state index contributed by atoms with van der Waals surface area (Å²) in [5, 5.41) is 2.85. The first-order valence-electron chi connectivity index (χ1n) is 8.36. The van der Waals surface area contributed by atoms with Gasteiger partial charge < -0.3 is 10.2 Å². The van der Waals surface area contributed by atoms with Gasteiger partial charge in [0.15, 0.2) is 0 Å². The minimum absolute atomic E-state index is 0.104. The first-order valence-corrected chi connectivity index (χ1v) is 8.36. The number of hydrogen-bond acceptors (Lipinski definition) is 2. The average molecular weight is 344 g/mol. The Bertz CT molecular complexity index is 918. The molecule has 4 heteroatoms. The number of para-hydroxylation sites is 1. The number of nitrogens with zero attached hydrogens (tertiary/aromatic N) is 1. The molecule has 0 bridgehead atoms. The predicted octanol–water partition coefficient (Wildman–Crippen LogP) is 4.52. The molecule has 3 aromatic carbocycles. The molecule has 0 aromatic heterocycles. The van der Waals surface area contributed by atoms with Gasteiger partial charge in [-0.05, 0) is 55.5 Å². The maximum atomic E-state index is 12.6. The molecule has 0 saturated carbocycles. The maximum absolute atomic E-state index is 12.6. The van der Waals surface area contributed by atoms with Gasteiger partial charge in [0.05, 0.1) is 0 Å². The highest BCUT2D eigenvalue weighted by Gasteiger charge is 2.13. The lowest BCUT2D eigenvalue weighted by Gasteiger charge is -2.17. The standard InChI is InChI=1S/C22H20N2O2/c1-16-7-6-8-18(15-16)21(25)23-19-13-11-17(12-14-19)22(26)24(2)20-9-4-3-5-10-20/h3-15H,1-2H3,(H,23,25). The van der Waals surface area contributed by atoms with E-state index in [1.165, 1.54) is 0 Å². The van der Waals surface area contributed by atoms with Crippen molar-refractivity contribution in [1.29, 1.82) is 0 Å². The van der Waals surface area contributed by atoms with E-state index < -0.39 is 0 Å². The van der Waals surface area contributed by atoms with Crippen LogP contribution in [0.3, 0.4) is 0 Å². The van der Waals surface area contributed by atoms with E-state index in [-0.39, 0.29) is 11.8 Å². The zero-order valence-corrected chi connectivity index (χ0v) is 14.8. The lowest BCUT2D eigenvalue weighted by molar-refractivity contribution is 0.0991. The van der Waals surface area contributed by atoms with Gasteiger partial charge in [-0.25, -0.2) is 0 Å². The minimum atomic E-state index is -0.172. The van der Waals surface area contributed by atoms with Crippen LogP contribution in [0.5, 0.6) is 0 Å². The van der Waals surface area contributed by atoms with E-state index in [0.717, 1.165) is 11.3 Å². The molecule has 26 heavy (non-hydrogen) atoms. The van der Waals surface area contributed by atoms with Crippen LogP contribution in [-0.2, 0) is 0 Å². The van der Waals surface area contributed by atoms with Crippen molar-refractivity contribution in [2.75, 3.05) is 17.3 Å². The minimum Gasteiger partial charge on any atom is -0.322 e. The van der Waals surface area contributed by atoms with Crippen LogP contribution >= 0.6 is 0 Å². The molecule has 0 atom stereocenters. The zero-order chi connectivity index (χ0) is 18.5. The van der Waals surface area contributed by atoms with Gasteiger partial charge in [-0.3, -0.25) is 9.59 Å². The molecule has 0 aliphatic heterocycles. The summed E-state index contributed by atoms with van der Waals surface area (Å²) in [5.74, 6) is -0.276. The van der Waals surface area contributed by atoms with Crippen LogP contribution in [0.25, 0.3) is 0 Å². The molecule has 1 N–H and O–H groups in total. The SMILES string of the molecule is Cc1cccc(C(=O)Nc2ccc(C(=O)N(C)c3ccccc3)cc2)c1. The van der Waals surface area contributed by atoms with Crippen LogP contribution in [-0.4, -0.2) is 18.9 Å². The van der Waals surface area contributed by atoms with Gasteiger partial charge in [-0.15, -0.1) is 0 Å². The number of carbonyl (C=O) groups excluding carboxylic acids is 2. The topological polar surface area (TPSA) is 49.4 Å². The predicted molar refractivity (Wildman–Crippen MR) is 105 cm³/mol. The molecule has 130 valence electrons. The number of anilines is 2. The van der Waals surface area contributed by atoms with Gasteiger partial charge in [0.25, 0.3) is 11.8 Å². The Morgan fingerprint density at radius 2 is 1.50 bits per heavy atom. The third-order valence-electron chi connectivity index (χ3n) is 4.12. The number of aryl methyl sites for hydroxylation is 1. The lowest BCUT2D eigenvalue weighted by Crippen LogP contribution is -2.26. The van der Waals surface area contributed by atoms with E-state index in [0.29, 0.717) is 16.8 Å². The van der Waals surface area contributed by atoms with Crippen molar-refractivity contribution in [1.82, 2.24) is 0 Å². The molecule has 0 aliphatic carbocycles. The molecular formula is C22H20N2O2. The van der Waals surface area contributed by atoms with Crippen LogP contribution in [0.1, 0.15) is 26.3 Å². The Morgan fingerprint density at radius 3 is 2.15 bits per heavy atom. The molecule has 0 radical (unpaired) electrons. The molecule has 0 unspecified atom stereocenters. The van der Waals surface area contributed by atoms with E-state index in [9.17, 15) is 9.59 Å². The summed E-state index contributed by atoms with van der Waals surface area (Å²) in [6.07, 6.45) is 0. The lowest BCUT2D eigenvalue weighted by atomic mass is 10.1. The summed E-state index contributed by atoms with van der Waals surface area (Å²) >= 11 is 0. The van der Waals surface area contributed by atoms with E-state index >= 15 is 0 Å². The quantitative estimate of drug-likeness (QED) is 0.756. The van der Waals surface area contributed by atoms with E-state index in [4.69, 9.17) is 0 Å². The first kappa shape index (κ1) is 17.4. The summed E-state index contributed by atoms with van der Waals surface area (Å²) in [5.41, 5.74) is 3.67. The summed E-state index contributed by atoms with van der Waals surface area (Å²) in [6.45, 7) is 1.94. The van der Waals surface area contributed by atoms with Crippen molar-refractivity contribution in [3.63, 3.8) is 0 Å². The zero-order valence-electron chi connectivity index (χ0n) is 14.8. The second-order valence-corrected chi connectivity index (χ2v) is 6.10. The van der Waals surface area contributed by atoms with Gasteiger partial charge in [0, 0.05) is 29.5 Å². The van der Waals surface area contributed by atoms with Crippen LogP contribution in [0, 0.1) is 6.92 Å². The Hall–Kier alpha value is -3.40. The molecule has 3 rings (SSSR count). The van der Waals surface area contributed by atoms with E-state index in [2.05, 4.69) is 5.32 Å². The third-order valence-corrected chi connectivity index (χ3v) is 4.12. The number of hydrogen-bond donors (Lipinski definition) is 1. The molecule has 3 aromatic rings. The molecule has 0 spiro atoms. The van der Waals surface area contributed by atoms with Gasteiger partial charge >= 0.3 is 0 Å². The van der Waals surface area contributed by atoms with Crippen molar-refractivity contribution in [3.8, 4) is 0 Å². The molecule has 0 heterocycles. The molecule has 0 saturated heterocycles. The fourth-order valence-corrected chi connectivity index (χ4v) is 2.65. The third kappa shape index (κ3) is 3.98. The summed E-state index contributed by atoms with van der Waals surface area (Å²) in [6, 6.07) is 23.8. The van der Waals surface area contributed by atoms with E-state index in [1.54, 1.807) is 42.3 Å². The van der Waals surface area contributed by atoms with Crippen LogP contribution < -0.4 is 10.2 Å². The summed E-state index contributed by atoms with van der Waals surface area (Å²) < 4.78 is 0.